The van der Waals surface area contributed by atoms with Crippen LogP contribution in [0.2, 0.25) is 0 Å². The van der Waals surface area contributed by atoms with Gasteiger partial charge >= 0.3 is 0 Å². The average Bonchev–Trinajstić information content (AvgIpc) is 2.05. The third kappa shape index (κ3) is 0.948. The van der Waals surface area contributed by atoms with Gasteiger partial charge in [0.05, 0.1) is 6.61 Å². The lowest BCUT2D eigenvalue weighted by Gasteiger charge is -2.26. The summed E-state index contributed by atoms with van der Waals surface area (Å²) in [4.78, 5) is 0. The first-order valence-corrected chi connectivity index (χ1v) is 3.69. The van der Waals surface area contributed by atoms with Gasteiger partial charge in [-0.05, 0) is 6.42 Å². The fourth-order valence-corrected chi connectivity index (χ4v) is 1.32. The van der Waals surface area contributed by atoms with Crippen molar-refractivity contribution in [1.29, 1.82) is 0 Å². The lowest BCUT2D eigenvalue weighted by Crippen LogP contribution is -2.36. The van der Waals surface area contributed by atoms with Gasteiger partial charge in [0.15, 0.2) is 0 Å². The van der Waals surface area contributed by atoms with E-state index in [0.29, 0.717) is 0 Å². The molecule has 0 aromatic carbocycles. The van der Waals surface area contributed by atoms with Crippen LogP contribution in [0.5, 0.6) is 0 Å². The lowest BCUT2D eigenvalue weighted by molar-refractivity contribution is 0.0823. The maximum atomic E-state index is 5.46. The van der Waals surface area contributed by atoms with Crippen molar-refractivity contribution in [1.82, 2.24) is 5.32 Å². The number of allylic oxidation sites excluding steroid dienone is 2. The van der Waals surface area contributed by atoms with E-state index in [-0.39, 0.29) is 6.10 Å². The summed E-state index contributed by atoms with van der Waals surface area (Å²) in [6.07, 6.45) is 7.71. The quantitative estimate of drug-likeness (QED) is 0.499. The molecule has 0 aromatic rings. The molecule has 1 aliphatic carbocycles. The number of rotatable bonds is 0. The monoisotopic (exact) mass is 137 g/mol. The Morgan fingerprint density at radius 3 is 3.50 bits per heavy atom. The molecule has 1 N–H and O–H groups in total. The molecule has 10 heavy (non-hydrogen) atoms. The van der Waals surface area contributed by atoms with E-state index in [4.69, 9.17) is 4.74 Å². The van der Waals surface area contributed by atoms with Gasteiger partial charge in [-0.15, -0.1) is 0 Å². The van der Waals surface area contributed by atoms with Crippen molar-refractivity contribution < 1.29 is 4.74 Å². The Balaban J connectivity index is 2.13. The Labute approximate surface area is 60.6 Å². The Morgan fingerprint density at radius 1 is 1.60 bits per heavy atom. The van der Waals surface area contributed by atoms with E-state index >= 15 is 0 Å². The number of hydrogen-bond acceptors (Lipinski definition) is 2. The second-order valence-corrected chi connectivity index (χ2v) is 2.54. The minimum atomic E-state index is 0.225. The predicted molar refractivity (Wildman–Crippen MR) is 39.6 cm³/mol. The molecule has 1 fully saturated rings. The van der Waals surface area contributed by atoms with E-state index in [9.17, 15) is 0 Å². The summed E-state index contributed by atoms with van der Waals surface area (Å²) in [7, 11) is 0. The van der Waals surface area contributed by atoms with E-state index in [1.54, 1.807) is 0 Å². The summed E-state index contributed by atoms with van der Waals surface area (Å²) in [5.74, 6) is 0. The van der Waals surface area contributed by atoms with Gasteiger partial charge in [0.25, 0.3) is 0 Å². The van der Waals surface area contributed by atoms with Crippen LogP contribution in [0, 0.1) is 0 Å². The Bertz CT molecular complexity index is 184. The first-order chi connectivity index (χ1) is 4.97. The Morgan fingerprint density at radius 2 is 2.60 bits per heavy atom. The van der Waals surface area contributed by atoms with Gasteiger partial charge < -0.3 is 10.1 Å². The van der Waals surface area contributed by atoms with Crippen molar-refractivity contribution in [3.8, 4) is 0 Å². The van der Waals surface area contributed by atoms with Crippen molar-refractivity contribution in [2.24, 2.45) is 0 Å². The maximum absolute atomic E-state index is 5.46. The first-order valence-electron chi connectivity index (χ1n) is 3.69. The van der Waals surface area contributed by atoms with E-state index in [1.807, 2.05) is 0 Å². The number of fused-ring (bicyclic) bond motifs is 1. The first kappa shape index (κ1) is 5.98. The standard InChI is InChI=1S/C8H11NO/c1-2-4-8-7(3-1)9-5-6-10-8/h2-4,8-9H,1,5-6H2. The molecule has 1 atom stereocenters. The summed E-state index contributed by atoms with van der Waals surface area (Å²) in [5.41, 5.74) is 1.24. The van der Waals surface area contributed by atoms with Crippen LogP contribution in [-0.4, -0.2) is 19.3 Å². The van der Waals surface area contributed by atoms with Crippen LogP contribution in [0.1, 0.15) is 6.42 Å². The van der Waals surface area contributed by atoms with Crippen LogP contribution in [0.4, 0.5) is 0 Å². The number of ether oxygens (including phenoxy) is 1. The second kappa shape index (κ2) is 2.46. The largest absolute Gasteiger partial charge is 0.384 e. The van der Waals surface area contributed by atoms with E-state index < -0.39 is 0 Å². The van der Waals surface area contributed by atoms with Crippen molar-refractivity contribution in [2.75, 3.05) is 13.2 Å². The fourth-order valence-electron chi connectivity index (χ4n) is 1.32. The van der Waals surface area contributed by atoms with Crippen LogP contribution in [0.3, 0.4) is 0 Å². The molecule has 0 radical (unpaired) electrons. The Kier molecular flexibility index (Phi) is 1.47. The number of nitrogens with one attached hydrogen (secondary N) is 1. The third-order valence-corrected chi connectivity index (χ3v) is 1.82. The van der Waals surface area contributed by atoms with Gasteiger partial charge in [0.1, 0.15) is 6.10 Å². The van der Waals surface area contributed by atoms with Gasteiger partial charge in [-0.1, -0.05) is 18.2 Å². The zero-order valence-corrected chi connectivity index (χ0v) is 5.84. The van der Waals surface area contributed by atoms with Gasteiger partial charge in [-0.25, -0.2) is 0 Å². The highest BCUT2D eigenvalue weighted by Gasteiger charge is 2.16. The second-order valence-electron chi connectivity index (χ2n) is 2.54. The highest BCUT2D eigenvalue weighted by Crippen LogP contribution is 2.14. The average molecular weight is 137 g/mol. The summed E-state index contributed by atoms with van der Waals surface area (Å²) >= 11 is 0. The normalized spacial score (nSPS) is 30.4. The van der Waals surface area contributed by atoms with E-state index in [1.165, 1.54) is 5.70 Å². The van der Waals surface area contributed by atoms with Crippen LogP contribution in [0.15, 0.2) is 23.9 Å². The summed E-state index contributed by atoms with van der Waals surface area (Å²) in [6, 6.07) is 0. The SMILES string of the molecule is C1=CC2OCCNC2=CC1. The summed E-state index contributed by atoms with van der Waals surface area (Å²) in [5, 5.41) is 3.31. The molecule has 2 nitrogen and oxygen atoms in total. The van der Waals surface area contributed by atoms with Gasteiger partial charge in [0.2, 0.25) is 0 Å². The predicted octanol–water partition coefficient (Wildman–Crippen LogP) is 0.819. The number of hydrogen-bond donors (Lipinski definition) is 1. The van der Waals surface area contributed by atoms with Crippen LogP contribution in [0.25, 0.3) is 0 Å². The van der Waals surface area contributed by atoms with Crippen molar-refractivity contribution in [3.05, 3.63) is 23.9 Å². The fraction of sp³-hybridized carbons (Fsp3) is 0.500. The molecule has 1 saturated heterocycles. The van der Waals surface area contributed by atoms with Crippen molar-refractivity contribution >= 4 is 0 Å². The summed E-state index contributed by atoms with van der Waals surface area (Å²) < 4.78 is 5.46. The highest BCUT2D eigenvalue weighted by atomic mass is 16.5. The third-order valence-electron chi connectivity index (χ3n) is 1.82. The van der Waals surface area contributed by atoms with Gasteiger partial charge in [-0.2, -0.15) is 0 Å². The molecule has 2 aliphatic rings. The van der Waals surface area contributed by atoms with Crippen LogP contribution in [-0.2, 0) is 4.74 Å². The summed E-state index contributed by atoms with van der Waals surface area (Å²) in [6.45, 7) is 1.78. The van der Waals surface area contributed by atoms with E-state index in [2.05, 4.69) is 23.5 Å². The zero-order chi connectivity index (χ0) is 6.81. The molecular weight excluding hydrogens is 126 g/mol. The molecule has 1 unspecified atom stereocenters. The van der Waals surface area contributed by atoms with Crippen molar-refractivity contribution in [2.45, 2.75) is 12.5 Å². The molecule has 0 saturated carbocycles. The molecule has 2 heteroatoms. The molecule has 54 valence electrons. The molecule has 1 heterocycles. The molecule has 0 aromatic heterocycles. The minimum Gasteiger partial charge on any atom is -0.384 e. The minimum absolute atomic E-state index is 0.225. The van der Waals surface area contributed by atoms with E-state index in [0.717, 1.165) is 19.6 Å². The molecule has 0 amide bonds. The maximum Gasteiger partial charge on any atom is 0.115 e. The molecule has 0 spiro atoms. The molecular formula is C8H11NO. The Hall–Kier alpha value is -0.760. The van der Waals surface area contributed by atoms with Gasteiger partial charge in [-0.3, -0.25) is 0 Å². The van der Waals surface area contributed by atoms with Crippen LogP contribution >= 0.6 is 0 Å². The molecule has 2 rings (SSSR count). The van der Waals surface area contributed by atoms with Crippen molar-refractivity contribution in [3.63, 3.8) is 0 Å². The smallest absolute Gasteiger partial charge is 0.115 e. The molecule has 0 bridgehead atoms. The number of morpholine rings is 1. The van der Waals surface area contributed by atoms with Gasteiger partial charge in [0, 0.05) is 12.2 Å². The zero-order valence-electron chi connectivity index (χ0n) is 5.84. The lowest BCUT2D eigenvalue weighted by atomic mass is 10.1. The topological polar surface area (TPSA) is 21.3 Å². The van der Waals surface area contributed by atoms with Crippen LogP contribution < -0.4 is 5.32 Å². The molecule has 1 aliphatic heterocycles. The highest BCUT2D eigenvalue weighted by molar-refractivity contribution is 5.21.